The SMILES string of the molecule is O=COc1cccc[n+]1[O-]. The molecule has 4 nitrogen and oxygen atoms in total. The molecular weight excluding hydrogens is 134 g/mol. The second-order valence-corrected chi connectivity index (χ2v) is 1.58. The zero-order chi connectivity index (χ0) is 7.40. The minimum Gasteiger partial charge on any atom is -0.616 e. The molecule has 0 radical (unpaired) electrons. The third-order valence-corrected chi connectivity index (χ3v) is 0.957. The maximum Gasteiger partial charge on any atom is 0.386 e. The van der Waals surface area contributed by atoms with Gasteiger partial charge in [-0.3, -0.25) is 4.79 Å². The Morgan fingerprint density at radius 1 is 1.60 bits per heavy atom. The summed E-state index contributed by atoms with van der Waals surface area (Å²) in [7, 11) is 0. The van der Waals surface area contributed by atoms with Gasteiger partial charge in [-0.25, -0.2) is 0 Å². The molecule has 0 aliphatic rings. The fourth-order valence-corrected chi connectivity index (χ4v) is 0.553. The molecule has 0 amide bonds. The third-order valence-electron chi connectivity index (χ3n) is 0.957. The van der Waals surface area contributed by atoms with Crippen LogP contribution in [0, 0.1) is 5.21 Å². The van der Waals surface area contributed by atoms with Gasteiger partial charge in [0.25, 0.3) is 0 Å². The highest BCUT2D eigenvalue weighted by atomic mass is 16.6. The Bertz CT molecular complexity index is 236. The molecule has 0 aromatic carbocycles. The van der Waals surface area contributed by atoms with Crippen molar-refractivity contribution in [2.45, 2.75) is 0 Å². The van der Waals surface area contributed by atoms with E-state index in [0.717, 1.165) is 0 Å². The Morgan fingerprint density at radius 3 is 3.00 bits per heavy atom. The fourth-order valence-electron chi connectivity index (χ4n) is 0.553. The molecule has 0 saturated heterocycles. The van der Waals surface area contributed by atoms with Crippen LogP contribution in [0.3, 0.4) is 0 Å². The minimum absolute atomic E-state index is 0.0162. The van der Waals surface area contributed by atoms with Gasteiger partial charge in [-0.1, -0.05) is 0 Å². The molecule has 0 N–H and O–H groups in total. The second-order valence-electron chi connectivity index (χ2n) is 1.58. The van der Waals surface area contributed by atoms with E-state index >= 15 is 0 Å². The van der Waals surface area contributed by atoms with Crippen LogP contribution >= 0.6 is 0 Å². The largest absolute Gasteiger partial charge is 0.616 e. The average Bonchev–Trinajstić information content (AvgIpc) is 1.94. The van der Waals surface area contributed by atoms with E-state index in [9.17, 15) is 10.0 Å². The number of hydrogen-bond acceptors (Lipinski definition) is 3. The molecular formula is C6H5NO3. The predicted octanol–water partition coefficient (Wildman–Crippen LogP) is -0.145. The first-order chi connectivity index (χ1) is 4.84. The van der Waals surface area contributed by atoms with Crippen molar-refractivity contribution in [2.75, 3.05) is 0 Å². The average molecular weight is 139 g/mol. The summed E-state index contributed by atoms with van der Waals surface area (Å²) in [5.41, 5.74) is 0. The summed E-state index contributed by atoms with van der Waals surface area (Å²) < 4.78 is 4.77. The monoisotopic (exact) mass is 139 g/mol. The number of rotatable bonds is 2. The molecule has 0 aliphatic carbocycles. The standard InChI is InChI=1S/C6H5NO3/c8-5-10-6-3-1-2-4-7(6)9/h1-5H. The zero-order valence-corrected chi connectivity index (χ0v) is 5.06. The van der Waals surface area contributed by atoms with Crippen molar-refractivity contribution in [3.05, 3.63) is 29.6 Å². The highest BCUT2D eigenvalue weighted by Crippen LogP contribution is 1.97. The summed E-state index contributed by atoms with van der Waals surface area (Å²) in [5, 5.41) is 10.6. The van der Waals surface area contributed by atoms with Gasteiger partial charge in [0.15, 0.2) is 6.20 Å². The molecule has 0 unspecified atom stereocenters. The summed E-state index contributed by atoms with van der Waals surface area (Å²) in [6.07, 6.45) is 1.25. The van der Waals surface area contributed by atoms with Gasteiger partial charge in [-0.15, -0.1) is 4.73 Å². The molecule has 10 heavy (non-hydrogen) atoms. The van der Waals surface area contributed by atoms with Crippen LogP contribution < -0.4 is 9.47 Å². The van der Waals surface area contributed by atoms with Crippen molar-refractivity contribution in [1.29, 1.82) is 0 Å². The topological polar surface area (TPSA) is 53.2 Å². The van der Waals surface area contributed by atoms with E-state index in [1.165, 1.54) is 12.3 Å². The fraction of sp³-hybridized carbons (Fsp3) is 0. The molecule has 1 heterocycles. The van der Waals surface area contributed by atoms with Crippen molar-refractivity contribution in [1.82, 2.24) is 0 Å². The number of aromatic nitrogens is 1. The minimum atomic E-state index is -0.0162. The smallest absolute Gasteiger partial charge is 0.386 e. The van der Waals surface area contributed by atoms with E-state index in [2.05, 4.69) is 4.74 Å². The molecule has 0 fully saturated rings. The highest BCUT2D eigenvalue weighted by Gasteiger charge is 2.00. The van der Waals surface area contributed by atoms with Crippen LogP contribution in [0.4, 0.5) is 0 Å². The van der Waals surface area contributed by atoms with E-state index in [4.69, 9.17) is 0 Å². The van der Waals surface area contributed by atoms with Gasteiger partial charge in [0.05, 0.1) is 6.07 Å². The maximum atomic E-state index is 10.6. The third kappa shape index (κ3) is 1.22. The maximum absolute atomic E-state index is 10.6. The molecule has 1 rings (SSSR count). The van der Waals surface area contributed by atoms with E-state index in [-0.39, 0.29) is 12.4 Å². The normalized spacial score (nSPS) is 8.80. The number of carbonyl (C=O) groups excluding carboxylic acids is 1. The lowest BCUT2D eigenvalue weighted by Gasteiger charge is -1.97. The first-order valence-electron chi connectivity index (χ1n) is 2.63. The summed E-state index contributed by atoms with van der Waals surface area (Å²) in [4.78, 5) is 9.75. The number of carbonyl (C=O) groups is 1. The second kappa shape index (κ2) is 2.82. The van der Waals surface area contributed by atoms with Crippen LogP contribution in [0.2, 0.25) is 0 Å². The van der Waals surface area contributed by atoms with Crippen molar-refractivity contribution < 1.29 is 14.3 Å². The summed E-state index contributed by atoms with van der Waals surface area (Å²) >= 11 is 0. The number of hydrogen-bond donors (Lipinski definition) is 0. The van der Waals surface area contributed by atoms with Crippen LogP contribution in [0.1, 0.15) is 0 Å². The molecule has 52 valence electrons. The van der Waals surface area contributed by atoms with Gasteiger partial charge in [-0.2, -0.15) is 0 Å². The van der Waals surface area contributed by atoms with Gasteiger partial charge in [0.2, 0.25) is 0 Å². The molecule has 1 aromatic heterocycles. The van der Waals surface area contributed by atoms with Crippen LogP contribution in [-0.2, 0) is 4.79 Å². The van der Waals surface area contributed by atoms with Crippen LogP contribution in [0.25, 0.3) is 0 Å². The molecule has 1 aromatic rings. The summed E-state index contributed by atoms with van der Waals surface area (Å²) in [5.74, 6) is -0.0162. The lowest BCUT2D eigenvalue weighted by Crippen LogP contribution is -2.27. The van der Waals surface area contributed by atoms with E-state index in [1.807, 2.05) is 0 Å². The quantitative estimate of drug-likeness (QED) is 0.325. The number of ether oxygens (including phenoxy) is 1. The van der Waals surface area contributed by atoms with Gasteiger partial charge in [0, 0.05) is 6.07 Å². The van der Waals surface area contributed by atoms with Crippen LogP contribution in [0.5, 0.6) is 5.88 Å². The van der Waals surface area contributed by atoms with Crippen molar-refractivity contribution >= 4 is 6.47 Å². The van der Waals surface area contributed by atoms with Gasteiger partial charge in [-0.05, 0) is 6.07 Å². The van der Waals surface area contributed by atoms with Crippen molar-refractivity contribution in [3.8, 4) is 5.88 Å². The molecule has 0 atom stereocenters. The first-order valence-corrected chi connectivity index (χ1v) is 2.63. The summed E-state index contributed by atoms with van der Waals surface area (Å²) in [6.45, 7) is 0.212. The molecule has 4 heteroatoms. The first kappa shape index (κ1) is 6.54. The number of nitrogens with zero attached hydrogens (tertiary/aromatic N) is 1. The van der Waals surface area contributed by atoms with E-state index in [0.29, 0.717) is 4.73 Å². The van der Waals surface area contributed by atoms with Gasteiger partial charge >= 0.3 is 12.4 Å². The predicted molar refractivity (Wildman–Crippen MR) is 32.1 cm³/mol. The molecule has 0 saturated carbocycles. The van der Waals surface area contributed by atoms with E-state index < -0.39 is 0 Å². The Hall–Kier alpha value is -1.58. The molecule has 0 bridgehead atoms. The highest BCUT2D eigenvalue weighted by molar-refractivity contribution is 5.41. The van der Waals surface area contributed by atoms with E-state index in [1.54, 1.807) is 12.1 Å². The van der Waals surface area contributed by atoms with Crippen LogP contribution in [0.15, 0.2) is 24.4 Å². The van der Waals surface area contributed by atoms with Gasteiger partial charge < -0.3 is 9.94 Å². The lowest BCUT2D eigenvalue weighted by molar-refractivity contribution is -0.610. The lowest BCUT2D eigenvalue weighted by atomic mass is 10.5. The Labute approximate surface area is 57.2 Å². The van der Waals surface area contributed by atoms with Crippen molar-refractivity contribution in [3.63, 3.8) is 0 Å². The Morgan fingerprint density at radius 2 is 2.40 bits per heavy atom. The van der Waals surface area contributed by atoms with Gasteiger partial charge in [0.1, 0.15) is 0 Å². The number of pyridine rings is 1. The molecule has 0 aliphatic heterocycles. The summed E-state index contributed by atoms with van der Waals surface area (Å²) in [6, 6.07) is 4.55. The zero-order valence-electron chi connectivity index (χ0n) is 5.06. The Kier molecular flexibility index (Phi) is 1.84. The van der Waals surface area contributed by atoms with Crippen molar-refractivity contribution in [2.24, 2.45) is 0 Å². The van der Waals surface area contributed by atoms with Crippen LogP contribution in [-0.4, -0.2) is 6.47 Å². The Balaban J connectivity index is 2.91. The molecule has 0 spiro atoms.